The van der Waals surface area contributed by atoms with E-state index in [2.05, 4.69) is 27.3 Å². The van der Waals surface area contributed by atoms with Crippen LogP contribution in [0.3, 0.4) is 0 Å². The van der Waals surface area contributed by atoms with Gasteiger partial charge in [-0.1, -0.05) is 11.6 Å². The molecule has 0 unspecified atom stereocenters. The van der Waals surface area contributed by atoms with E-state index in [1.54, 1.807) is 13.0 Å². The standard InChI is InChI=1S/C11H9F3N4O2S/c1-5-2-3-7-6(4-5)8(19)9(16-17-10(15)21)18(7)20-11(12,13)14/h2-4,19H,1H3,(H2,15,21). The third kappa shape index (κ3) is 3.21. The Morgan fingerprint density at radius 1 is 1.43 bits per heavy atom. The van der Waals surface area contributed by atoms with Gasteiger partial charge in [-0.2, -0.15) is 4.73 Å². The van der Waals surface area contributed by atoms with Gasteiger partial charge in [0.15, 0.2) is 5.75 Å². The van der Waals surface area contributed by atoms with Crippen molar-refractivity contribution in [1.82, 2.24) is 4.73 Å². The molecule has 0 bridgehead atoms. The number of nitrogens with two attached hydrogens (primary N) is 1. The number of azo groups is 1. The molecule has 10 heteroatoms. The number of alkyl halides is 3. The molecule has 3 N–H and O–H groups in total. The van der Waals surface area contributed by atoms with Crippen LogP contribution in [0.5, 0.6) is 5.75 Å². The molecule has 0 aliphatic carbocycles. The molecule has 0 saturated heterocycles. The lowest BCUT2D eigenvalue weighted by Gasteiger charge is -2.11. The summed E-state index contributed by atoms with van der Waals surface area (Å²) in [5, 5.41) is 16.4. The number of thiocarbonyl (C=S) groups is 1. The number of rotatable bonds is 2. The van der Waals surface area contributed by atoms with Crippen LogP contribution in [0.2, 0.25) is 0 Å². The van der Waals surface area contributed by atoms with Crippen molar-refractivity contribution in [2.45, 2.75) is 13.3 Å². The van der Waals surface area contributed by atoms with Gasteiger partial charge in [-0.25, -0.2) is 0 Å². The fourth-order valence-electron chi connectivity index (χ4n) is 1.73. The third-order valence-corrected chi connectivity index (χ3v) is 2.55. The maximum absolute atomic E-state index is 12.5. The van der Waals surface area contributed by atoms with Crippen LogP contribution in [0.15, 0.2) is 28.4 Å². The lowest BCUT2D eigenvalue weighted by molar-refractivity contribution is -0.320. The summed E-state index contributed by atoms with van der Waals surface area (Å²) in [6.07, 6.45) is -4.98. The van der Waals surface area contributed by atoms with Gasteiger partial charge >= 0.3 is 6.36 Å². The highest BCUT2D eigenvalue weighted by Crippen LogP contribution is 2.39. The minimum atomic E-state index is -4.98. The van der Waals surface area contributed by atoms with E-state index in [4.69, 9.17) is 5.73 Å². The molecule has 0 aliphatic heterocycles. The van der Waals surface area contributed by atoms with Gasteiger partial charge in [0.25, 0.3) is 0 Å². The van der Waals surface area contributed by atoms with Gasteiger partial charge in [0.1, 0.15) is 0 Å². The summed E-state index contributed by atoms with van der Waals surface area (Å²) in [4.78, 5) is 3.86. The Morgan fingerprint density at radius 3 is 2.67 bits per heavy atom. The van der Waals surface area contributed by atoms with Crippen LogP contribution in [0.25, 0.3) is 10.9 Å². The Balaban J connectivity index is 2.71. The van der Waals surface area contributed by atoms with E-state index >= 15 is 0 Å². The molecule has 0 atom stereocenters. The first kappa shape index (κ1) is 15.0. The Kier molecular flexibility index (Phi) is 3.73. The van der Waals surface area contributed by atoms with Crippen LogP contribution in [0, 0.1) is 6.92 Å². The summed E-state index contributed by atoms with van der Waals surface area (Å²) in [5.74, 6) is -1.07. The summed E-state index contributed by atoms with van der Waals surface area (Å²) < 4.78 is 37.8. The number of aromatic nitrogens is 1. The monoisotopic (exact) mass is 318 g/mol. The maximum atomic E-state index is 12.5. The topological polar surface area (TPSA) is 85.1 Å². The number of halogens is 3. The SMILES string of the molecule is Cc1ccc2c(c1)c(O)c(N=NC(N)=S)n2OC(F)(F)F. The fourth-order valence-corrected chi connectivity index (χ4v) is 1.77. The number of hydrogen-bond acceptors (Lipinski definition) is 4. The first-order valence-electron chi connectivity index (χ1n) is 5.50. The van der Waals surface area contributed by atoms with E-state index in [1.807, 2.05) is 0 Å². The van der Waals surface area contributed by atoms with Gasteiger partial charge in [0.2, 0.25) is 10.9 Å². The second-order valence-electron chi connectivity index (χ2n) is 4.06. The van der Waals surface area contributed by atoms with Gasteiger partial charge in [-0.3, -0.25) is 0 Å². The zero-order chi connectivity index (χ0) is 15.8. The lowest BCUT2D eigenvalue weighted by atomic mass is 10.2. The van der Waals surface area contributed by atoms with Crippen molar-refractivity contribution in [3.8, 4) is 5.75 Å². The molecule has 1 aromatic heterocycles. The van der Waals surface area contributed by atoms with Crippen LogP contribution in [-0.2, 0) is 0 Å². The quantitative estimate of drug-likeness (QED) is 0.658. The van der Waals surface area contributed by atoms with Gasteiger partial charge in [0.05, 0.1) is 5.52 Å². The number of aryl methyl sites for hydroxylation is 1. The molecule has 21 heavy (non-hydrogen) atoms. The van der Waals surface area contributed by atoms with Crippen LogP contribution >= 0.6 is 12.2 Å². The number of fused-ring (bicyclic) bond motifs is 1. The molecule has 1 heterocycles. The van der Waals surface area contributed by atoms with Gasteiger partial charge in [0, 0.05) is 5.39 Å². The summed E-state index contributed by atoms with van der Waals surface area (Å²) in [7, 11) is 0. The minimum Gasteiger partial charge on any atom is -0.504 e. The fraction of sp³-hybridized carbons (Fsp3) is 0.182. The van der Waals surface area contributed by atoms with Crippen molar-refractivity contribution in [2.24, 2.45) is 16.0 Å². The smallest absolute Gasteiger partial charge is 0.504 e. The van der Waals surface area contributed by atoms with Crippen molar-refractivity contribution in [1.29, 1.82) is 0 Å². The van der Waals surface area contributed by atoms with Crippen molar-refractivity contribution in [3.63, 3.8) is 0 Å². The molecule has 112 valence electrons. The van der Waals surface area contributed by atoms with Crippen LogP contribution in [0.1, 0.15) is 5.56 Å². The van der Waals surface area contributed by atoms with E-state index < -0.39 is 23.0 Å². The number of hydrogen-bond donors (Lipinski definition) is 2. The number of nitrogens with zero attached hydrogens (tertiary/aromatic N) is 3. The Labute approximate surface area is 121 Å². The zero-order valence-electron chi connectivity index (χ0n) is 10.5. The van der Waals surface area contributed by atoms with Gasteiger partial charge < -0.3 is 15.7 Å². The largest absolute Gasteiger partial charge is 0.591 e. The van der Waals surface area contributed by atoms with E-state index in [9.17, 15) is 18.3 Å². The normalized spacial score (nSPS) is 12.2. The van der Waals surface area contributed by atoms with Crippen molar-refractivity contribution < 1.29 is 23.1 Å². The Bertz CT molecular complexity index is 739. The molecule has 0 aliphatic rings. The Morgan fingerprint density at radius 2 is 2.10 bits per heavy atom. The summed E-state index contributed by atoms with van der Waals surface area (Å²) in [5.41, 5.74) is 5.82. The predicted molar refractivity (Wildman–Crippen MR) is 72.3 cm³/mol. The van der Waals surface area contributed by atoms with E-state index in [1.165, 1.54) is 12.1 Å². The lowest BCUT2D eigenvalue weighted by Crippen LogP contribution is -2.26. The van der Waals surface area contributed by atoms with Crippen molar-refractivity contribution in [3.05, 3.63) is 23.8 Å². The minimum absolute atomic E-state index is 0.0210. The first-order valence-corrected chi connectivity index (χ1v) is 5.91. The van der Waals surface area contributed by atoms with Gasteiger partial charge in [-0.05, 0) is 31.3 Å². The predicted octanol–water partition coefficient (Wildman–Crippen LogP) is 2.93. The number of aromatic hydroxyl groups is 1. The molecule has 0 radical (unpaired) electrons. The molecular weight excluding hydrogens is 309 g/mol. The summed E-state index contributed by atoms with van der Waals surface area (Å²) >= 11 is 4.46. The van der Waals surface area contributed by atoms with E-state index in [0.29, 0.717) is 4.73 Å². The molecule has 2 aromatic rings. The molecule has 0 saturated carbocycles. The molecule has 0 spiro atoms. The van der Waals surface area contributed by atoms with E-state index in [-0.39, 0.29) is 10.9 Å². The molecular formula is C11H9F3N4O2S. The molecule has 6 nitrogen and oxygen atoms in total. The summed E-state index contributed by atoms with van der Waals surface area (Å²) in [6.45, 7) is 1.72. The number of benzene rings is 1. The highest BCUT2D eigenvalue weighted by atomic mass is 32.1. The Hall–Kier alpha value is -2.36. The second-order valence-corrected chi connectivity index (χ2v) is 4.48. The summed E-state index contributed by atoms with van der Waals surface area (Å²) in [6, 6.07) is 4.41. The zero-order valence-corrected chi connectivity index (χ0v) is 11.4. The average Bonchev–Trinajstić information content (AvgIpc) is 2.58. The van der Waals surface area contributed by atoms with Crippen molar-refractivity contribution >= 4 is 34.1 Å². The molecule has 0 fully saturated rings. The van der Waals surface area contributed by atoms with Crippen molar-refractivity contribution in [2.75, 3.05) is 0 Å². The highest BCUT2D eigenvalue weighted by Gasteiger charge is 2.35. The third-order valence-electron chi connectivity index (χ3n) is 2.47. The second kappa shape index (κ2) is 5.20. The van der Waals surface area contributed by atoms with Crippen LogP contribution in [0.4, 0.5) is 19.0 Å². The molecule has 0 amide bonds. The maximum Gasteiger partial charge on any atom is 0.591 e. The van der Waals surface area contributed by atoms with E-state index in [0.717, 1.165) is 5.56 Å². The van der Waals surface area contributed by atoms with Crippen LogP contribution < -0.4 is 10.6 Å². The molecule has 2 rings (SSSR count). The first-order chi connectivity index (χ1) is 9.69. The molecule has 1 aromatic carbocycles. The van der Waals surface area contributed by atoms with Crippen LogP contribution in [-0.4, -0.2) is 21.3 Å². The van der Waals surface area contributed by atoms with Gasteiger partial charge in [-0.15, -0.1) is 23.4 Å². The highest BCUT2D eigenvalue weighted by molar-refractivity contribution is 7.80. The average molecular weight is 318 g/mol.